The molecule has 1 saturated heterocycles. The third kappa shape index (κ3) is 6.30. The lowest BCUT2D eigenvalue weighted by Crippen LogP contribution is -2.41. The second-order valence-corrected chi connectivity index (χ2v) is 9.48. The van der Waals surface area contributed by atoms with Crippen molar-refractivity contribution in [2.75, 3.05) is 33.3 Å². The van der Waals surface area contributed by atoms with E-state index in [1.165, 1.54) is 11.1 Å². The van der Waals surface area contributed by atoms with E-state index in [4.69, 9.17) is 4.74 Å². The first-order chi connectivity index (χ1) is 14.9. The van der Waals surface area contributed by atoms with Crippen molar-refractivity contribution in [1.82, 2.24) is 14.8 Å². The number of carbonyl (C=O) groups excluding carboxylic acids is 1. The summed E-state index contributed by atoms with van der Waals surface area (Å²) in [6.45, 7) is 12.8. The molecule has 1 fully saturated rings. The van der Waals surface area contributed by atoms with Crippen LogP contribution in [-0.2, 0) is 11.3 Å². The molecule has 1 amide bonds. The minimum Gasteiger partial charge on any atom is -0.497 e. The SMILES string of the molecule is COc1cccc([C@H]2CN(Cc3ccncc3)C[C@H]2CN(CC(C)C)C(=O)C(C)C)c1. The van der Waals surface area contributed by atoms with Crippen molar-refractivity contribution in [3.8, 4) is 5.75 Å². The van der Waals surface area contributed by atoms with Crippen LogP contribution in [-0.4, -0.2) is 54.0 Å². The van der Waals surface area contributed by atoms with Gasteiger partial charge in [0.1, 0.15) is 5.75 Å². The monoisotopic (exact) mass is 423 g/mol. The molecule has 168 valence electrons. The van der Waals surface area contributed by atoms with Crippen LogP contribution >= 0.6 is 0 Å². The van der Waals surface area contributed by atoms with Crippen LogP contribution in [0.4, 0.5) is 0 Å². The molecule has 0 bridgehead atoms. The maximum atomic E-state index is 13.0. The van der Waals surface area contributed by atoms with Gasteiger partial charge >= 0.3 is 0 Å². The summed E-state index contributed by atoms with van der Waals surface area (Å²) in [5.41, 5.74) is 2.57. The number of aromatic nitrogens is 1. The molecule has 2 heterocycles. The Kier molecular flexibility index (Phi) is 8.08. The number of ether oxygens (including phenoxy) is 1. The first-order valence-electron chi connectivity index (χ1n) is 11.4. The number of nitrogens with zero attached hydrogens (tertiary/aromatic N) is 3. The molecule has 5 heteroatoms. The molecule has 1 aromatic carbocycles. The predicted molar refractivity (Wildman–Crippen MR) is 125 cm³/mol. The fourth-order valence-electron chi connectivity index (χ4n) is 4.61. The largest absolute Gasteiger partial charge is 0.497 e. The molecule has 0 N–H and O–H groups in total. The molecule has 0 aliphatic carbocycles. The highest BCUT2D eigenvalue weighted by molar-refractivity contribution is 5.78. The zero-order valence-corrected chi connectivity index (χ0v) is 19.6. The van der Waals surface area contributed by atoms with E-state index in [2.05, 4.69) is 59.0 Å². The van der Waals surface area contributed by atoms with Crippen molar-refractivity contribution in [3.63, 3.8) is 0 Å². The molecule has 31 heavy (non-hydrogen) atoms. The van der Waals surface area contributed by atoms with Crippen LogP contribution in [0.2, 0.25) is 0 Å². The second kappa shape index (κ2) is 10.8. The number of likely N-dealkylation sites (tertiary alicyclic amines) is 1. The average Bonchev–Trinajstić information content (AvgIpc) is 3.15. The van der Waals surface area contributed by atoms with Gasteiger partial charge in [-0.3, -0.25) is 14.7 Å². The summed E-state index contributed by atoms with van der Waals surface area (Å²) in [4.78, 5) is 21.7. The van der Waals surface area contributed by atoms with Gasteiger partial charge in [0.25, 0.3) is 0 Å². The Morgan fingerprint density at radius 1 is 1.16 bits per heavy atom. The molecule has 3 rings (SSSR count). The Bertz CT molecular complexity index is 838. The Labute approximate surface area is 187 Å². The summed E-state index contributed by atoms with van der Waals surface area (Å²) in [7, 11) is 1.71. The summed E-state index contributed by atoms with van der Waals surface area (Å²) < 4.78 is 5.49. The van der Waals surface area contributed by atoms with Crippen molar-refractivity contribution < 1.29 is 9.53 Å². The van der Waals surface area contributed by atoms with E-state index in [0.717, 1.165) is 38.5 Å². The zero-order valence-electron chi connectivity index (χ0n) is 19.6. The van der Waals surface area contributed by atoms with E-state index in [1.54, 1.807) is 7.11 Å². The van der Waals surface area contributed by atoms with Crippen molar-refractivity contribution in [3.05, 3.63) is 59.9 Å². The van der Waals surface area contributed by atoms with Crippen molar-refractivity contribution >= 4 is 5.91 Å². The smallest absolute Gasteiger partial charge is 0.225 e. The van der Waals surface area contributed by atoms with Crippen molar-refractivity contribution in [2.24, 2.45) is 17.8 Å². The van der Waals surface area contributed by atoms with Crippen molar-refractivity contribution in [2.45, 2.75) is 40.2 Å². The Morgan fingerprint density at radius 2 is 1.90 bits per heavy atom. The number of hydrogen-bond acceptors (Lipinski definition) is 4. The fourth-order valence-corrected chi connectivity index (χ4v) is 4.61. The highest BCUT2D eigenvalue weighted by Gasteiger charge is 2.36. The maximum absolute atomic E-state index is 13.0. The molecule has 1 aliphatic heterocycles. The number of hydrogen-bond donors (Lipinski definition) is 0. The van der Waals surface area contributed by atoms with Gasteiger partial charge in [-0.15, -0.1) is 0 Å². The van der Waals surface area contributed by atoms with Crippen LogP contribution in [0.1, 0.15) is 44.7 Å². The van der Waals surface area contributed by atoms with E-state index in [-0.39, 0.29) is 11.8 Å². The molecule has 5 nitrogen and oxygen atoms in total. The van der Waals surface area contributed by atoms with Gasteiger partial charge in [-0.2, -0.15) is 0 Å². The molecule has 1 aromatic heterocycles. The first-order valence-corrected chi connectivity index (χ1v) is 11.4. The number of carbonyl (C=O) groups is 1. The van der Waals surface area contributed by atoms with E-state index < -0.39 is 0 Å². The second-order valence-electron chi connectivity index (χ2n) is 9.48. The van der Waals surface area contributed by atoms with Gasteiger partial charge < -0.3 is 9.64 Å². The number of amides is 1. The quantitative estimate of drug-likeness (QED) is 0.598. The normalized spacial score (nSPS) is 19.2. The molecule has 0 radical (unpaired) electrons. The maximum Gasteiger partial charge on any atom is 0.225 e. The van der Waals surface area contributed by atoms with Crippen LogP contribution in [0, 0.1) is 17.8 Å². The van der Waals surface area contributed by atoms with Gasteiger partial charge in [-0.05, 0) is 47.2 Å². The lowest BCUT2D eigenvalue weighted by Gasteiger charge is -2.31. The van der Waals surface area contributed by atoms with Gasteiger partial charge in [-0.25, -0.2) is 0 Å². The summed E-state index contributed by atoms with van der Waals surface area (Å²) in [6, 6.07) is 12.6. The summed E-state index contributed by atoms with van der Waals surface area (Å²) >= 11 is 0. The number of methoxy groups -OCH3 is 1. The third-order valence-corrected chi connectivity index (χ3v) is 6.04. The standard InChI is InChI=1S/C26H37N3O2/c1-19(2)14-29(26(30)20(3)4)17-23-16-28(15-21-9-11-27-12-10-21)18-25(23)22-7-6-8-24(13-22)31-5/h6-13,19-20,23,25H,14-18H2,1-5H3/t23-,25+/m0/s1. The topological polar surface area (TPSA) is 45.7 Å². The Hall–Kier alpha value is -2.40. The number of rotatable bonds is 9. The van der Waals surface area contributed by atoms with Crippen LogP contribution in [0.5, 0.6) is 5.75 Å². The van der Waals surface area contributed by atoms with Crippen molar-refractivity contribution in [1.29, 1.82) is 0 Å². The van der Waals surface area contributed by atoms with Crippen LogP contribution in [0.25, 0.3) is 0 Å². The first kappa shape index (κ1) is 23.3. The molecule has 0 spiro atoms. The van der Waals surface area contributed by atoms with E-state index >= 15 is 0 Å². The minimum absolute atomic E-state index is 0.0170. The average molecular weight is 424 g/mol. The molecular weight excluding hydrogens is 386 g/mol. The lowest BCUT2D eigenvalue weighted by atomic mass is 9.88. The van der Waals surface area contributed by atoms with Crippen LogP contribution < -0.4 is 4.74 Å². The van der Waals surface area contributed by atoms with Gasteiger partial charge in [-0.1, -0.05) is 39.8 Å². The third-order valence-electron chi connectivity index (χ3n) is 6.04. The summed E-state index contributed by atoms with van der Waals surface area (Å²) in [5, 5.41) is 0. The molecule has 2 aromatic rings. The molecule has 0 unspecified atom stereocenters. The minimum atomic E-state index is 0.0170. The van der Waals surface area contributed by atoms with Gasteiger partial charge in [0, 0.05) is 57.0 Å². The van der Waals surface area contributed by atoms with E-state index in [1.807, 2.05) is 32.3 Å². The molecule has 1 aliphatic rings. The van der Waals surface area contributed by atoms with Gasteiger partial charge in [0.2, 0.25) is 5.91 Å². The summed E-state index contributed by atoms with van der Waals surface area (Å²) in [5.74, 6) is 2.37. The van der Waals surface area contributed by atoms with E-state index in [0.29, 0.717) is 17.8 Å². The molecule has 0 saturated carbocycles. The van der Waals surface area contributed by atoms with Crippen LogP contribution in [0.3, 0.4) is 0 Å². The molecular formula is C26H37N3O2. The molecule has 2 atom stereocenters. The zero-order chi connectivity index (χ0) is 22.4. The summed E-state index contributed by atoms with van der Waals surface area (Å²) in [6.07, 6.45) is 3.71. The highest BCUT2D eigenvalue weighted by Crippen LogP contribution is 2.35. The van der Waals surface area contributed by atoms with Gasteiger partial charge in [0.05, 0.1) is 7.11 Å². The number of benzene rings is 1. The highest BCUT2D eigenvalue weighted by atomic mass is 16.5. The number of pyridine rings is 1. The van der Waals surface area contributed by atoms with E-state index in [9.17, 15) is 4.79 Å². The van der Waals surface area contributed by atoms with Gasteiger partial charge in [0.15, 0.2) is 0 Å². The lowest BCUT2D eigenvalue weighted by molar-refractivity contribution is -0.135. The Balaban J connectivity index is 1.84. The fraction of sp³-hybridized carbons (Fsp3) is 0.538. The Morgan fingerprint density at radius 3 is 2.55 bits per heavy atom. The van der Waals surface area contributed by atoms with Crippen LogP contribution in [0.15, 0.2) is 48.8 Å². The predicted octanol–water partition coefficient (Wildman–Crippen LogP) is 4.45.